The lowest BCUT2D eigenvalue weighted by Crippen LogP contribution is -2.08. The highest BCUT2D eigenvalue weighted by atomic mass is 16.1. The molecule has 0 aliphatic carbocycles. The fourth-order valence-electron chi connectivity index (χ4n) is 2.15. The molecule has 0 aliphatic rings. The summed E-state index contributed by atoms with van der Waals surface area (Å²) in [6, 6.07) is 11.7. The fraction of sp³-hybridized carbons (Fsp3) is 0.0588. The molecule has 0 bridgehead atoms. The van der Waals surface area contributed by atoms with Crippen molar-refractivity contribution in [1.29, 1.82) is 0 Å². The van der Waals surface area contributed by atoms with Gasteiger partial charge in [-0.05, 0) is 42.7 Å². The van der Waals surface area contributed by atoms with E-state index in [1.165, 1.54) is 0 Å². The first-order valence-electron chi connectivity index (χ1n) is 6.53. The molecule has 2 heterocycles. The van der Waals surface area contributed by atoms with E-state index in [1.54, 1.807) is 6.92 Å². The van der Waals surface area contributed by atoms with Gasteiger partial charge in [0.2, 0.25) is 0 Å². The summed E-state index contributed by atoms with van der Waals surface area (Å²) in [5, 5.41) is 3.80. The molecule has 4 nitrogen and oxygen atoms in total. The number of hydrogen-bond donors (Lipinski definition) is 2. The number of nitrogens with one attached hydrogen (secondary N) is 2. The van der Waals surface area contributed by atoms with Gasteiger partial charge >= 0.3 is 0 Å². The van der Waals surface area contributed by atoms with E-state index in [0.717, 1.165) is 27.8 Å². The van der Waals surface area contributed by atoms with E-state index in [4.69, 9.17) is 0 Å². The third kappa shape index (κ3) is 2.77. The zero-order valence-electron chi connectivity index (χ0n) is 11.5. The maximum absolute atomic E-state index is 11.5. The zero-order chi connectivity index (χ0) is 14.7. The molecule has 0 spiro atoms. The summed E-state index contributed by atoms with van der Waals surface area (Å²) in [5.41, 5.74) is 3.57. The van der Waals surface area contributed by atoms with Gasteiger partial charge in [-0.3, -0.25) is 4.79 Å². The smallest absolute Gasteiger partial charge is 0.300 e. The van der Waals surface area contributed by atoms with Crippen LogP contribution in [0.15, 0.2) is 48.8 Å². The second-order valence-electron chi connectivity index (χ2n) is 4.55. The summed E-state index contributed by atoms with van der Waals surface area (Å²) in [6.07, 6.45) is 3.67. The minimum absolute atomic E-state index is 0.311. The van der Waals surface area contributed by atoms with Crippen molar-refractivity contribution in [2.75, 3.05) is 5.32 Å². The molecular formula is C17H13N3O. The Morgan fingerprint density at radius 3 is 3.00 bits per heavy atom. The van der Waals surface area contributed by atoms with Crippen LogP contribution in [0.5, 0.6) is 0 Å². The maximum atomic E-state index is 11.5. The molecule has 102 valence electrons. The van der Waals surface area contributed by atoms with Gasteiger partial charge in [-0.1, -0.05) is 18.1 Å². The molecular weight excluding hydrogens is 262 g/mol. The van der Waals surface area contributed by atoms with Gasteiger partial charge in [-0.2, -0.15) is 0 Å². The van der Waals surface area contributed by atoms with Gasteiger partial charge in [0, 0.05) is 29.0 Å². The molecule has 0 radical (unpaired) electrons. The van der Waals surface area contributed by atoms with Crippen LogP contribution in [-0.4, -0.2) is 15.9 Å². The van der Waals surface area contributed by atoms with Crippen molar-refractivity contribution < 1.29 is 4.79 Å². The molecule has 1 aromatic carbocycles. The van der Waals surface area contributed by atoms with Crippen LogP contribution < -0.4 is 5.32 Å². The lowest BCUT2D eigenvalue weighted by atomic mass is 10.1. The number of carbonyl (C=O) groups is 1. The van der Waals surface area contributed by atoms with Crippen molar-refractivity contribution in [1.82, 2.24) is 9.97 Å². The van der Waals surface area contributed by atoms with Crippen LogP contribution in [0.2, 0.25) is 0 Å². The van der Waals surface area contributed by atoms with E-state index in [-0.39, 0.29) is 5.91 Å². The topological polar surface area (TPSA) is 57.8 Å². The zero-order valence-corrected chi connectivity index (χ0v) is 11.5. The number of hydrogen-bond acceptors (Lipinski definition) is 2. The summed E-state index contributed by atoms with van der Waals surface area (Å²) >= 11 is 0. The van der Waals surface area contributed by atoms with Crippen LogP contribution in [0.1, 0.15) is 6.92 Å². The number of rotatable bonds is 2. The van der Waals surface area contributed by atoms with E-state index in [1.807, 2.05) is 42.7 Å². The molecule has 4 heteroatoms. The summed E-state index contributed by atoms with van der Waals surface area (Å²) < 4.78 is 0. The predicted octanol–water partition coefficient (Wildman–Crippen LogP) is 3.19. The first-order valence-corrected chi connectivity index (χ1v) is 6.53. The first kappa shape index (κ1) is 12.9. The number of aromatic nitrogens is 2. The number of carbonyl (C=O) groups excluding carboxylic acids is 1. The number of benzene rings is 1. The fourth-order valence-corrected chi connectivity index (χ4v) is 2.15. The third-order valence-corrected chi connectivity index (χ3v) is 3.09. The maximum Gasteiger partial charge on any atom is 0.300 e. The van der Waals surface area contributed by atoms with Gasteiger partial charge in [0.05, 0.1) is 0 Å². The Bertz CT molecular complexity index is 868. The van der Waals surface area contributed by atoms with E-state index in [0.29, 0.717) is 0 Å². The predicted molar refractivity (Wildman–Crippen MR) is 83.6 cm³/mol. The Hall–Kier alpha value is -3.06. The van der Waals surface area contributed by atoms with E-state index in [2.05, 4.69) is 33.2 Å². The molecule has 21 heavy (non-hydrogen) atoms. The standard InChI is InChI=1S/C17H13N3O/c1-2-4-16(21)20-15-6-3-5-12(10-15)14-9-13-7-8-18-17(13)19-11-14/h3,5-11H,1H3,(H,18,19)(H,20,21). The number of nitrogens with zero attached hydrogens (tertiary/aromatic N) is 1. The number of amides is 1. The van der Waals surface area contributed by atoms with Gasteiger partial charge < -0.3 is 10.3 Å². The van der Waals surface area contributed by atoms with E-state index < -0.39 is 0 Å². The van der Waals surface area contributed by atoms with Crippen molar-refractivity contribution >= 4 is 22.6 Å². The normalized spacial score (nSPS) is 9.95. The van der Waals surface area contributed by atoms with Gasteiger partial charge in [0.25, 0.3) is 5.91 Å². The van der Waals surface area contributed by atoms with Crippen molar-refractivity contribution in [2.45, 2.75) is 6.92 Å². The van der Waals surface area contributed by atoms with Crippen molar-refractivity contribution in [3.05, 3.63) is 48.8 Å². The minimum atomic E-state index is -0.311. The van der Waals surface area contributed by atoms with Gasteiger partial charge in [-0.25, -0.2) is 4.98 Å². The van der Waals surface area contributed by atoms with E-state index >= 15 is 0 Å². The molecule has 0 saturated carbocycles. The van der Waals surface area contributed by atoms with Gasteiger partial charge in [-0.15, -0.1) is 0 Å². The van der Waals surface area contributed by atoms with Gasteiger partial charge in [0.15, 0.2) is 0 Å². The third-order valence-electron chi connectivity index (χ3n) is 3.09. The Morgan fingerprint density at radius 2 is 2.14 bits per heavy atom. The van der Waals surface area contributed by atoms with Crippen molar-refractivity contribution in [3.63, 3.8) is 0 Å². The highest BCUT2D eigenvalue weighted by Crippen LogP contribution is 2.24. The number of H-pyrrole nitrogens is 1. The molecule has 0 atom stereocenters. The highest BCUT2D eigenvalue weighted by molar-refractivity contribution is 6.04. The lowest BCUT2D eigenvalue weighted by molar-refractivity contribution is -0.111. The monoisotopic (exact) mass is 275 g/mol. The number of anilines is 1. The Morgan fingerprint density at radius 1 is 1.24 bits per heavy atom. The Balaban J connectivity index is 1.94. The molecule has 1 amide bonds. The lowest BCUT2D eigenvalue weighted by Gasteiger charge is -2.05. The molecule has 0 aliphatic heterocycles. The van der Waals surface area contributed by atoms with Crippen LogP contribution in [0.25, 0.3) is 22.2 Å². The average molecular weight is 275 g/mol. The Kier molecular flexibility index (Phi) is 3.40. The molecule has 3 rings (SSSR count). The van der Waals surface area contributed by atoms with Crippen LogP contribution >= 0.6 is 0 Å². The largest absolute Gasteiger partial charge is 0.346 e. The van der Waals surface area contributed by atoms with E-state index in [9.17, 15) is 4.79 Å². The summed E-state index contributed by atoms with van der Waals surface area (Å²) in [5.74, 6) is 4.72. The summed E-state index contributed by atoms with van der Waals surface area (Å²) in [7, 11) is 0. The quantitative estimate of drug-likeness (QED) is 0.706. The van der Waals surface area contributed by atoms with Crippen LogP contribution in [0.4, 0.5) is 5.69 Å². The molecule has 0 fully saturated rings. The number of pyridine rings is 1. The average Bonchev–Trinajstić information content (AvgIpc) is 2.95. The van der Waals surface area contributed by atoms with Crippen LogP contribution in [-0.2, 0) is 4.79 Å². The second kappa shape index (κ2) is 5.51. The molecule has 2 aromatic heterocycles. The second-order valence-corrected chi connectivity index (χ2v) is 4.55. The number of fused-ring (bicyclic) bond motifs is 1. The highest BCUT2D eigenvalue weighted by Gasteiger charge is 2.04. The van der Waals surface area contributed by atoms with Gasteiger partial charge in [0.1, 0.15) is 5.65 Å². The number of aromatic amines is 1. The van der Waals surface area contributed by atoms with Crippen molar-refractivity contribution in [2.24, 2.45) is 0 Å². The minimum Gasteiger partial charge on any atom is -0.346 e. The molecule has 3 aromatic rings. The molecule has 0 saturated heterocycles. The SMILES string of the molecule is CC#CC(=O)Nc1cccc(-c2cnc3[nH]ccc3c2)c1. The van der Waals surface area contributed by atoms with Crippen molar-refractivity contribution in [3.8, 4) is 23.0 Å². The summed E-state index contributed by atoms with van der Waals surface area (Å²) in [6.45, 7) is 1.63. The summed E-state index contributed by atoms with van der Waals surface area (Å²) in [4.78, 5) is 18.9. The Labute approximate surface area is 122 Å². The first-order chi connectivity index (χ1) is 10.3. The van der Waals surface area contributed by atoms with Crippen LogP contribution in [0, 0.1) is 11.8 Å². The van der Waals surface area contributed by atoms with Crippen LogP contribution in [0.3, 0.4) is 0 Å². The molecule has 2 N–H and O–H groups in total. The molecule has 0 unspecified atom stereocenters.